The lowest BCUT2D eigenvalue weighted by Crippen LogP contribution is -2.57. The zero-order valence-corrected chi connectivity index (χ0v) is 12.2. The molecule has 2 aliphatic rings. The molecule has 0 bridgehead atoms. The molecule has 1 amide bonds. The van der Waals surface area contributed by atoms with E-state index in [1.165, 1.54) is 4.90 Å². The van der Waals surface area contributed by atoms with Crippen LogP contribution in [0.1, 0.15) is 46.6 Å². The van der Waals surface area contributed by atoms with Crippen molar-refractivity contribution in [3.63, 3.8) is 0 Å². The van der Waals surface area contributed by atoms with Gasteiger partial charge in [-0.2, -0.15) is 13.2 Å². The number of carboxylic acid groups (broad SMARTS) is 1. The summed E-state index contributed by atoms with van der Waals surface area (Å²) < 4.78 is 44.6. The molecule has 1 aliphatic carbocycles. The quantitative estimate of drug-likeness (QED) is 0.903. The fraction of sp³-hybridized carbons (Fsp3) is 0.600. The van der Waals surface area contributed by atoms with E-state index in [0.29, 0.717) is 12.8 Å². The molecule has 1 saturated carbocycles. The fourth-order valence-electron chi connectivity index (χ4n) is 3.70. The van der Waals surface area contributed by atoms with Crippen molar-refractivity contribution in [3.8, 4) is 0 Å². The van der Waals surface area contributed by atoms with Gasteiger partial charge in [-0.15, -0.1) is 0 Å². The summed E-state index contributed by atoms with van der Waals surface area (Å²) in [6.07, 6.45) is -1.77. The molecular weight excluding hydrogens is 315 g/mol. The van der Waals surface area contributed by atoms with E-state index in [1.54, 1.807) is 0 Å². The maximum absolute atomic E-state index is 13.2. The smallest absolute Gasteiger partial charge is 0.392 e. The highest BCUT2D eigenvalue weighted by Gasteiger charge is 2.58. The molecule has 126 valence electrons. The molecule has 2 heterocycles. The first-order valence-corrected chi connectivity index (χ1v) is 7.41. The largest absolute Gasteiger partial charge is 0.478 e. The Balaban J connectivity index is 1.77. The van der Waals surface area contributed by atoms with Crippen molar-refractivity contribution in [1.82, 2.24) is 4.90 Å². The Hall–Kier alpha value is -1.99. The van der Waals surface area contributed by atoms with Crippen molar-refractivity contribution in [2.45, 2.75) is 31.9 Å². The van der Waals surface area contributed by atoms with Gasteiger partial charge < -0.3 is 14.4 Å². The van der Waals surface area contributed by atoms with Crippen molar-refractivity contribution < 1.29 is 32.3 Å². The van der Waals surface area contributed by atoms with E-state index < -0.39 is 29.4 Å². The maximum Gasteiger partial charge on any atom is 0.392 e. The summed E-state index contributed by atoms with van der Waals surface area (Å²) >= 11 is 0. The van der Waals surface area contributed by atoms with E-state index in [-0.39, 0.29) is 30.8 Å². The molecule has 3 rings (SSSR count). The first-order chi connectivity index (χ1) is 10.7. The van der Waals surface area contributed by atoms with E-state index in [2.05, 4.69) is 0 Å². The summed E-state index contributed by atoms with van der Waals surface area (Å²) in [7, 11) is 0. The van der Waals surface area contributed by atoms with Crippen LogP contribution in [-0.2, 0) is 0 Å². The third-order valence-corrected chi connectivity index (χ3v) is 5.02. The van der Waals surface area contributed by atoms with Gasteiger partial charge >= 0.3 is 12.1 Å². The lowest BCUT2D eigenvalue weighted by molar-refractivity contribution is -0.235. The Labute approximate surface area is 130 Å². The van der Waals surface area contributed by atoms with Crippen LogP contribution in [0.2, 0.25) is 0 Å². The number of hydrogen-bond acceptors (Lipinski definition) is 3. The molecule has 1 spiro atoms. The van der Waals surface area contributed by atoms with Crippen LogP contribution >= 0.6 is 0 Å². The minimum atomic E-state index is -4.25. The van der Waals surface area contributed by atoms with Crippen molar-refractivity contribution in [3.05, 3.63) is 23.7 Å². The van der Waals surface area contributed by atoms with Crippen molar-refractivity contribution in [2.24, 2.45) is 11.3 Å². The van der Waals surface area contributed by atoms with Gasteiger partial charge in [0.15, 0.2) is 5.76 Å². The summed E-state index contributed by atoms with van der Waals surface area (Å²) in [5.41, 5.74) is -1.05. The van der Waals surface area contributed by atoms with Gasteiger partial charge in [-0.25, -0.2) is 4.79 Å². The number of hydrogen-bond donors (Lipinski definition) is 1. The van der Waals surface area contributed by atoms with Crippen molar-refractivity contribution in [2.75, 3.05) is 13.1 Å². The number of piperidine rings is 1. The number of carboxylic acids is 1. The SMILES string of the molecule is O=C(O)c1coc(C(=O)N2CCC(C(F)(F)F)C3(CCC3)C2)c1. The van der Waals surface area contributed by atoms with E-state index >= 15 is 0 Å². The van der Waals surface area contributed by atoms with Gasteiger partial charge in [0.25, 0.3) is 5.91 Å². The highest BCUT2D eigenvalue weighted by atomic mass is 19.4. The summed E-state index contributed by atoms with van der Waals surface area (Å²) in [5.74, 6) is -3.30. The number of carbonyl (C=O) groups excluding carboxylic acids is 1. The summed E-state index contributed by atoms with van der Waals surface area (Å²) in [4.78, 5) is 24.5. The summed E-state index contributed by atoms with van der Waals surface area (Å²) in [6, 6.07) is 1.11. The van der Waals surface area contributed by atoms with Crippen LogP contribution in [0.3, 0.4) is 0 Å². The van der Waals surface area contributed by atoms with Gasteiger partial charge in [0.05, 0.1) is 11.5 Å². The second-order valence-electron chi connectivity index (χ2n) is 6.33. The van der Waals surface area contributed by atoms with Crippen LogP contribution < -0.4 is 0 Å². The molecule has 5 nitrogen and oxygen atoms in total. The van der Waals surface area contributed by atoms with Crippen LogP contribution in [-0.4, -0.2) is 41.1 Å². The van der Waals surface area contributed by atoms with Gasteiger partial charge in [0.2, 0.25) is 0 Å². The topological polar surface area (TPSA) is 70.7 Å². The Morgan fingerprint density at radius 2 is 2.04 bits per heavy atom. The van der Waals surface area contributed by atoms with Gasteiger partial charge in [-0.3, -0.25) is 4.79 Å². The Morgan fingerprint density at radius 3 is 2.52 bits per heavy atom. The number of carbonyl (C=O) groups is 2. The zero-order chi connectivity index (χ0) is 16.8. The van der Waals surface area contributed by atoms with Gasteiger partial charge in [0, 0.05) is 19.2 Å². The minimum Gasteiger partial charge on any atom is -0.478 e. The van der Waals surface area contributed by atoms with E-state index in [1.807, 2.05) is 0 Å². The second-order valence-corrected chi connectivity index (χ2v) is 6.33. The second kappa shape index (κ2) is 5.28. The lowest BCUT2D eigenvalue weighted by atomic mass is 9.58. The number of nitrogens with zero attached hydrogens (tertiary/aromatic N) is 1. The normalized spacial score (nSPS) is 23.6. The Morgan fingerprint density at radius 1 is 1.35 bits per heavy atom. The molecule has 1 N–H and O–H groups in total. The number of aromatic carboxylic acids is 1. The molecule has 1 aromatic heterocycles. The van der Waals surface area contributed by atoms with Crippen LogP contribution in [0.4, 0.5) is 13.2 Å². The number of furan rings is 1. The van der Waals surface area contributed by atoms with E-state index in [4.69, 9.17) is 9.52 Å². The summed E-state index contributed by atoms with van der Waals surface area (Å²) in [6.45, 7) is 0.0347. The van der Waals surface area contributed by atoms with Crippen LogP contribution in [0.5, 0.6) is 0 Å². The molecular formula is C15H16F3NO4. The molecule has 1 aromatic rings. The molecule has 1 aliphatic heterocycles. The predicted octanol–water partition coefficient (Wildman–Crippen LogP) is 3.17. The van der Waals surface area contributed by atoms with Crippen LogP contribution in [0, 0.1) is 11.3 Å². The molecule has 1 saturated heterocycles. The molecule has 8 heteroatoms. The number of rotatable bonds is 2. The third kappa shape index (κ3) is 2.70. The first kappa shape index (κ1) is 15.9. The molecule has 1 atom stereocenters. The van der Waals surface area contributed by atoms with Gasteiger partial charge in [-0.05, 0) is 24.7 Å². The summed E-state index contributed by atoms with van der Waals surface area (Å²) in [5, 5.41) is 8.83. The predicted molar refractivity (Wildman–Crippen MR) is 72.0 cm³/mol. The number of amides is 1. The molecule has 0 radical (unpaired) electrons. The van der Waals surface area contributed by atoms with Gasteiger partial charge in [0.1, 0.15) is 6.26 Å². The van der Waals surface area contributed by atoms with Crippen molar-refractivity contribution in [1.29, 1.82) is 0 Å². The van der Waals surface area contributed by atoms with Crippen molar-refractivity contribution >= 4 is 11.9 Å². The van der Waals surface area contributed by atoms with E-state index in [9.17, 15) is 22.8 Å². The monoisotopic (exact) mass is 331 g/mol. The highest BCUT2D eigenvalue weighted by Crippen LogP contribution is 2.56. The number of likely N-dealkylation sites (tertiary alicyclic amines) is 1. The lowest BCUT2D eigenvalue weighted by Gasteiger charge is -2.53. The minimum absolute atomic E-state index is 0.00609. The van der Waals surface area contributed by atoms with Gasteiger partial charge in [-0.1, -0.05) is 6.42 Å². The maximum atomic E-state index is 13.2. The fourth-order valence-corrected chi connectivity index (χ4v) is 3.70. The molecule has 2 fully saturated rings. The Bertz CT molecular complexity index is 633. The zero-order valence-electron chi connectivity index (χ0n) is 12.2. The Kier molecular flexibility index (Phi) is 3.65. The van der Waals surface area contributed by atoms with Crippen LogP contribution in [0.15, 0.2) is 16.7 Å². The average molecular weight is 331 g/mol. The van der Waals surface area contributed by atoms with E-state index in [0.717, 1.165) is 18.8 Å². The number of halogens is 3. The third-order valence-electron chi connectivity index (χ3n) is 5.02. The molecule has 1 unspecified atom stereocenters. The molecule has 0 aromatic carbocycles. The highest BCUT2D eigenvalue weighted by molar-refractivity contribution is 5.95. The average Bonchev–Trinajstić information content (AvgIpc) is 2.93. The molecule has 23 heavy (non-hydrogen) atoms. The standard InChI is InChI=1S/C15H16F3NO4/c16-15(17,18)11-2-5-19(8-14(11)3-1-4-14)12(20)10-6-9(7-23-10)13(21)22/h6-7,11H,1-5,8H2,(H,21,22). The van der Waals surface area contributed by atoms with Crippen LogP contribution in [0.25, 0.3) is 0 Å². The first-order valence-electron chi connectivity index (χ1n) is 7.41. The number of alkyl halides is 3.